The number of amides is 1. The molecule has 0 aromatic heterocycles. The Morgan fingerprint density at radius 1 is 1.26 bits per heavy atom. The first-order valence-electron chi connectivity index (χ1n) is 5.72. The number of nitrogens with one attached hydrogen (secondary N) is 1. The Morgan fingerprint density at radius 2 is 1.89 bits per heavy atom. The van der Waals surface area contributed by atoms with E-state index >= 15 is 0 Å². The third-order valence-electron chi connectivity index (χ3n) is 2.33. The molecule has 0 heterocycles. The van der Waals surface area contributed by atoms with Crippen LogP contribution in [0.1, 0.15) is 37.5 Å². The van der Waals surface area contributed by atoms with Crippen molar-refractivity contribution in [3.8, 4) is 12.1 Å². The first-order chi connectivity index (χ1) is 8.78. The van der Waals surface area contributed by atoms with Crippen molar-refractivity contribution in [3.63, 3.8) is 0 Å². The van der Waals surface area contributed by atoms with Crippen LogP contribution in [0.4, 0.5) is 10.5 Å². The highest BCUT2D eigenvalue weighted by Crippen LogP contribution is 2.22. The molecule has 0 atom stereocenters. The maximum Gasteiger partial charge on any atom is 0.412 e. The highest BCUT2D eigenvalue weighted by atomic mass is 16.6. The summed E-state index contributed by atoms with van der Waals surface area (Å²) in [7, 11) is 0. The van der Waals surface area contributed by atoms with E-state index in [1.807, 2.05) is 12.1 Å². The summed E-state index contributed by atoms with van der Waals surface area (Å²) in [5, 5.41) is 20.5. The van der Waals surface area contributed by atoms with Crippen molar-refractivity contribution < 1.29 is 9.53 Å². The van der Waals surface area contributed by atoms with Crippen molar-refractivity contribution in [2.75, 3.05) is 5.32 Å². The number of carbonyl (C=O) groups excluding carboxylic acids is 1. The summed E-state index contributed by atoms with van der Waals surface area (Å²) in [5.41, 5.74) is 0.964. The van der Waals surface area contributed by atoms with E-state index in [-0.39, 0.29) is 11.1 Å². The molecule has 0 unspecified atom stereocenters. The lowest BCUT2D eigenvalue weighted by Gasteiger charge is -2.20. The van der Waals surface area contributed by atoms with Crippen molar-refractivity contribution in [2.45, 2.75) is 33.3 Å². The van der Waals surface area contributed by atoms with Gasteiger partial charge in [-0.25, -0.2) is 4.79 Å². The number of nitrogens with zero attached hydrogens (tertiary/aromatic N) is 2. The van der Waals surface area contributed by atoms with Gasteiger partial charge in [0.25, 0.3) is 0 Å². The average molecular weight is 257 g/mol. The molecule has 0 bridgehead atoms. The molecule has 1 aromatic rings. The molecule has 0 aliphatic rings. The minimum atomic E-state index is -0.595. The Kier molecular flexibility index (Phi) is 4.14. The summed E-state index contributed by atoms with van der Waals surface area (Å²) in [4.78, 5) is 11.7. The molecule has 0 fully saturated rings. The quantitative estimate of drug-likeness (QED) is 0.837. The lowest BCUT2D eigenvalue weighted by molar-refractivity contribution is 0.0636. The van der Waals surface area contributed by atoms with Crippen molar-refractivity contribution in [2.24, 2.45) is 0 Å². The second-order valence-corrected chi connectivity index (χ2v) is 5.01. The van der Waals surface area contributed by atoms with E-state index in [0.717, 1.165) is 0 Å². The number of rotatable bonds is 1. The van der Waals surface area contributed by atoms with E-state index < -0.39 is 11.7 Å². The number of benzene rings is 1. The second-order valence-electron chi connectivity index (χ2n) is 5.01. The van der Waals surface area contributed by atoms with E-state index in [2.05, 4.69) is 5.32 Å². The van der Waals surface area contributed by atoms with E-state index in [1.165, 1.54) is 6.07 Å². The predicted molar refractivity (Wildman–Crippen MR) is 70.5 cm³/mol. The van der Waals surface area contributed by atoms with Crippen molar-refractivity contribution in [1.29, 1.82) is 10.5 Å². The molecule has 1 rings (SSSR count). The molecule has 1 amide bonds. The fourth-order valence-electron chi connectivity index (χ4n) is 1.50. The first-order valence-corrected chi connectivity index (χ1v) is 5.72. The SMILES string of the molecule is Cc1c(NC(=O)OC(C)(C)C)ccc(C#N)c1C#N. The third kappa shape index (κ3) is 3.72. The zero-order chi connectivity index (χ0) is 14.6. The molecule has 0 radical (unpaired) electrons. The zero-order valence-corrected chi connectivity index (χ0v) is 11.4. The third-order valence-corrected chi connectivity index (χ3v) is 2.33. The second kappa shape index (κ2) is 5.41. The van der Waals surface area contributed by atoms with Crippen molar-refractivity contribution >= 4 is 11.8 Å². The van der Waals surface area contributed by atoms with Crippen LogP contribution in [-0.4, -0.2) is 11.7 Å². The molecule has 1 N–H and O–H groups in total. The lowest BCUT2D eigenvalue weighted by atomic mass is 10.0. The number of nitriles is 2. The van der Waals surface area contributed by atoms with Crippen LogP contribution in [0.15, 0.2) is 12.1 Å². The highest BCUT2D eigenvalue weighted by Gasteiger charge is 2.18. The Labute approximate surface area is 112 Å². The topological polar surface area (TPSA) is 85.9 Å². The number of ether oxygens (including phenoxy) is 1. The highest BCUT2D eigenvalue weighted by molar-refractivity contribution is 5.86. The molecule has 0 saturated carbocycles. The van der Waals surface area contributed by atoms with Crippen LogP contribution >= 0.6 is 0 Å². The minimum absolute atomic E-state index is 0.260. The summed E-state index contributed by atoms with van der Waals surface area (Å²) in [6.07, 6.45) is -0.593. The van der Waals surface area contributed by atoms with Crippen LogP contribution in [0.25, 0.3) is 0 Å². The molecule has 0 saturated heterocycles. The van der Waals surface area contributed by atoms with Gasteiger partial charge >= 0.3 is 6.09 Å². The Bertz CT molecular complexity index is 586. The van der Waals surface area contributed by atoms with Crippen molar-refractivity contribution in [3.05, 3.63) is 28.8 Å². The zero-order valence-electron chi connectivity index (χ0n) is 11.4. The molecule has 0 aliphatic carbocycles. The number of hydrogen-bond donors (Lipinski definition) is 1. The summed E-state index contributed by atoms with van der Waals surface area (Å²) in [5.74, 6) is 0. The van der Waals surface area contributed by atoms with Gasteiger partial charge in [0, 0.05) is 5.69 Å². The minimum Gasteiger partial charge on any atom is -0.444 e. The molecule has 0 aliphatic heterocycles. The van der Waals surface area contributed by atoms with Gasteiger partial charge < -0.3 is 4.74 Å². The summed E-state index contributed by atoms with van der Waals surface area (Å²) >= 11 is 0. The lowest BCUT2D eigenvalue weighted by Crippen LogP contribution is -2.27. The molecular weight excluding hydrogens is 242 g/mol. The maximum absolute atomic E-state index is 11.7. The van der Waals surface area contributed by atoms with Gasteiger partial charge in [0.1, 0.15) is 17.7 Å². The van der Waals surface area contributed by atoms with Gasteiger partial charge in [-0.2, -0.15) is 10.5 Å². The van der Waals surface area contributed by atoms with Crippen LogP contribution < -0.4 is 5.32 Å². The fraction of sp³-hybridized carbons (Fsp3) is 0.357. The Hall–Kier alpha value is -2.53. The molecule has 5 heteroatoms. The molecule has 1 aromatic carbocycles. The van der Waals surface area contributed by atoms with Gasteiger partial charge in [0.05, 0.1) is 11.1 Å². The van der Waals surface area contributed by atoms with Gasteiger partial charge in [-0.15, -0.1) is 0 Å². The van der Waals surface area contributed by atoms with Crippen molar-refractivity contribution in [1.82, 2.24) is 0 Å². The van der Waals surface area contributed by atoms with Crippen LogP contribution in [0, 0.1) is 29.6 Å². The molecule has 5 nitrogen and oxygen atoms in total. The van der Waals surface area contributed by atoms with E-state index in [9.17, 15) is 4.79 Å². The molecular formula is C14H15N3O2. The van der Waals surface area contributed by atoms with Crippen LogP contribution in [0.5, 0.6) is 0 Å². The Morgan fingerprint density at radius 3 is 2.37 bits per heavy atom. The summed E-state index contributed by atoms with van der Waals surface area (Å²) in [6, 6.07) is 6.98. The number of hydrogen-bond acceptors (Lipinski definition) is 4. The summed E-state index contributed by atoms with van der Waals surface area (Å²) < 4.78 is 5.13. The largest absolute Gasteiger partial charge is 0.444 e. The van der Waals surface area contributed by atoms with Gasteiger partial charge in [0.2, 0.25) is 0 Å². The predicted octanol–water partition coefficient (Wildman–Crippen LogP) is 3.09. The van der Waals surface area contributed by atoms with Crippen LogP contribution in [0.2, 0.25) is 0 Å². The van der Waals surface area contributed by atoms with Crippen LogP contribution in [-0.2, 0) is 4.74 Å². The van der Waals surface area contributed by atoms with Gasteiger partial charge in [-0.1, -0.05) is 0 Å². The number of anilines is 1. The smallest absolute Gasteiger partial charge is 0.412 e. The van der Waals surface area contributed by atoms with E-state index in [4.69, 9.17) is 15.3 Å². The maximum atomic E-state index is 11.7. The van der Waals surface area contributed by atoms with Crippen LogP contribution in [0.3, 0.4) is 0 Å². The monoisotopic (exact) mass is 257 g/mol. The van der Waals surface area contributed by atoms with Gasteiger partial charge in [-0.3, -0.25) is 5.32 Å². The normalized spacial score (nSPS) is 10.2. The fourth-order valence-corrected chi connectivity index (χ4v) is 1.50. The van der Waals surface area contributed by atoms with E-state index in [1.54, 1.807) is 33.8 Å². The number of carbonyl (C=O) groups is 1. The standard InChI is InChI=1S/C14H15N3O2/c1-9-11(8-16)10(7-15)5-6-12(9)17-13(18)19-14(2,3)4/h5-6H,1-4H3,(H,17,18). The van der Waals surface area contributed by atoms with Gasteiger partial charge in [0.15, 0.2) is 0 Å². The Balaban J connectivity index is 3.02. The first kappa shape index (κ1) is 14.5. The van der Waals surface area contributed by atoms with E-state index in [0.29, 0.717) is 11.3 Å². The molecule has 98 valence electrons. The van der Waals surface area contributed by atoms with Gasteiger partial charge in [-0.05, 0) is 45.4 Å². The molecule has 19 heavy (non-hydrogen) atoms. The molecule has 0 spiro atoms. The average Bonchev–Trinajstić information content (AvgIpc) is 2.29. The summed E-state index contributed by atoms with van der Waals surface area (Å²) in [6.45, 7) is 6.96.